The first kappa shape index (κ1) is 15.0. The third-order valence-electron chi connectivity index (χ3n) is 3.88. The van der Waals surface area contributed by atoms with Crippen molar-refractivity contribution in [3.63, 3.8) is 0 Å². The Balaban J connectivity index is 2.23. The normalized spacial score (nSPS) is 18.0. The minimum Gasteiger partial charge on any atom is -0.356 e. The number of amides is 1. The minimum absolute atomic E-state index is 0.0228. The Morgan fingerprint density at radius 3 is 2.61 bits per heavy atom. The number of nitrogens with one attached hydrogen (secondary N) is 2. The molecule has 18 heavy (non-hydrogen) atoms. The first-order chi connectivity index (χ1) is 8.72. The number of carbonyl (C=O) groups excluding carboxylic acids is 1. The number of hydrogen-bond acceptors (Lipinski definition) is 3. The van der Waals surface area contributed by atoms with Crippen LogP contribution >= 0.6 is 0 Å². The Hall–Kier alpha value is -1.08. The molecular formula is C14H25N3O. The molecule has 0 aromatic carbocycles. The monoisotopic (exact) mass is 251 g/mol. The van der Waals surface area contributed by atoms with Gasteiger partial charge in [-0.2, -0.15) is 5.26 Å². The molecule has 2 N–H and O–H groups in total. The molecule has 0 spiro atoms. The second-order valence-corrected chi connectivity index (χ2v) is 5.23. The van der Waals surface area contributed by atoms with Crippen LogP contribution in [0.25, 0.3) is 0 Å². The Bertz CT molecular complexity index is 290. The molecule has 1 fully saturated rings. The lowest BCUT2D eigenvalue weighted by Gasteiger charge is -2.36. The molecule has 0 atom stereocenters. The Kier molecular flexibility index (Phi) is 6.74. The zero-order valence-corrected chi connectivity index (χ0v) is 11.4. The van der Waals surface area contributed by atoms with Crippen molar-refractivity contribution in [1.29, 1.82) is 5.26 Å². The highest BCUT2D eigenvalue weighted by Gasteiger charge is 2.32. The van der Waals surface area contributed by atoms with Gasteiger partial charge in [-0.25, -0.2) is 0 Å². The zero-order chi connectivity index (χ0) is 13.3. The first-order valence-electron chi connectivity index (χ1n) is 7.05. The molecule has 0 unspecified atom stereocenters. The topological polar surface area (TPSA) is 64.9 Å². The van der Waals surface area contributed by atoms with Gasteiger partial charge >= 0.3 is 0 Å². The van der Waals surface area contributed by atoms with Crippen LogP contribution in [0.4, 0.5) is 0 Å². The zero-order valence-electron chi connectivity index (χ0n) is 11.4. The van der Waals surface area contributed by atoms with E-state index in [0.29, 0.717) is 19.4 Å². The van der Waals surface area contributed by atoms with Crippen LogP contribution in [0.5, 0.6) is 0 Å². The van der Waals surface area contributed by atoms with Crippen molar-refractivity contribution in [2.45, 2.75) is 63.3 Å². The molecule has 102 valence electrons. The van der Waals surface area contributed by atoms with Crippen molar-refractivity contribution in [2.24, 2.45) is 0 Å². The molecule has 0 heterocycles. The number of unbranched alkanes of at least 4 members (excludes halogenated alkanes) is 2. The van der Waals surface area contributed by atoms with Crippen LogP contribution in [0.1, 0.15) is 57.8 Å². The van der Waals surface area contributed by atoms with Crippen molar-refractivity contribution in [2.75, 3.05) is 13.6 Å². The third kappa shape index (κ3) is 5.05. The van der Waals surface area contributed by atoms with Crippen LogP contribution in [0.15, 0.2) is 0 Å². The second-order valence-electron chi connectivity index (χ2n) is 5.23. The van der Waals surface area contributed by atoms with Crippen LogP contribution in [0.3, 0.4) is 0 Å². The van der Waals surface area contributed by atoms with Gasteiger partial charge in [0.25, 0.3) is 0 Å². The van der Waals surface area contributed by atoms with E-state index in [1.165, 1.54) is 19.3 Å². The molecule has 4 nitrogen and oxygen atoms in total. The predicted molar refractivity (Wildman–Crippen MR) is 72.0 cm³/mol. The molecular weight excluding hydrogens is 226 g/mol. The van der Waals surface area contributed by atoms with Crippen LogP contribution < -0.4 is 10.6 Å². The van der Waals surface area contributed by atoms with Crippen LogP contribution in [0.2, 0.25) is 0 Å². The summed E-state index contributed by atoms with van der Waals surface area (Å²) in [5.41, 5.74) is 0.0228. The van der Waals surface area contributed by atoms with Gasteiger partial charge in [-0.3, -0.25) is 4.79 Å². The van der Waals surface area contributed by atoms with E-state index in [0.717, 1.165) is 25.7 Å². The van der Waals surface area contributed by atoms with Gasteiger partial charge in [0, 0.05) is 24.9 Å². The maximum Gasteiger partial charge on any atom is 0.221 e. The number of nitrogens with zero attached hydrogens (tertiary/aromatic N) is 1. The summed E-state index contributed by atoms with van der Waals surface area (Å²) in [5, 5.41) is 14.7. The number of carbonyl (C=O) groups is 1. The van der Waals surface area contributed by atoms with E-state index in [4.69, 9.17) is 5.26 Å². The summed E-state index contributed by atoms with van der Waals surface area (Å²) in [4.78, 5) is 11.9. The molecule has 0 aliphatic heterocycles. The number of rotatable bonds is 7. The SMILES string of the molecule is CNC1(CC(=O)NCCCCC#N)CCCCC1. The quantitative estimate of drug-likeness (QED) is 0.681. The largest absolute Gasteiger partial charge is 0.356 e. The van der Waals surface area contributed by atoms with Crippen molar-refractivity contribution in [3.05, 3.63) is 0 Å². The Morgan fingerprint density at radius 1 is 1.28 bits per heavy atom. The van der Waals surface area contributed by atoms with E-state index < -0.39 is 0 Å². The van der Waals surface area contributed by atoms with Crippen molar-refractivity contribution >= 4 is 5.91 Å². The molecule has 4 heteroatoms. The first-order valence-corrected chi connectivity index (χ1v) is 7.05. The van der Waals surface area contributed by atoms with E-state index in [-0.39, 0.29) is 11.4 Å². The molecule has 0 bridgehead atoms. The summed E-state index contributed by atoms with van der Waals surface area (Å²) in [5.74, 6) is 0.142. The van der Waals surface area contributed by atoms with Crippen LogP contribution in [0, 0.1) is 11.3 Å². The highest BCUT2D eigenvalue weighted by Crippen LogP contribution is 2.30. The third-order valence-corrected chi connectivity index (χ3v) is 3.88. The van der Waals surface area contributed by atoms with Crippen molar-refractivity contribution in [3.8, 4) is 6.07 Å². The fourth-order valence-corrected chi connectivity index (χ4v) is 2.67. The Labute approximate surface area is 110 Å². The second kappa shape index (κ2) is 8.10. The van der Waals surface area contributed by atoms with Gasteiger partial charge in [-0.15, -0.1) is 0 Å². The molecule has 0 saturated heterocycles. The van der Waals surface area contributed by atoms with Gasteiger partial charge in [-0.1, -0.05) is 19.3 Å². The molecule has 1 rings (SSSR count). The smallest absolute Gasteiger partial charge is 0.221 e. The van der Waals surface area contributed by atoms with Gasteiger partial charge in [0.1, 0.15) is 0 Å². The predicted octanol–water partition coefficient (Wildman–Crippen LogP) is 2.11. The summed E-state index contributed by atoms with van der Waals surface area (Å²) in [6.07, 6.45) is 8.86. The molecule has 0 radical (unpaired) electrons. The summed E-state index contributed by atoms with van der Waals surface area (Å²) >= 11 is 0. The van der Waals surface area contributed by atoms with E-state index in [2.05, 4.69) is 16.7 Å². The highest BCUT2D eigenvalue weighted by atomic mass is 16.1. The van der Waals surface area contributed by atoms with E-state index in [1.807, 2.05) is 7.05 Å². The maximum absolute atomic E-state index is 11.9. The minimum atomic E-state index is 0.0228. The lowest BCUT2D eigenvalue weighted by molar-refractivity contribution is -0.122. The standard InChI is InChI=1S/C14H25N3O/c1-16-14(8-4-2-5-9-14)12-13(18)17-11-7-3-6-10-15/h16H,2-9,11-12H2,1H3,(H,17,18). The van der Waals surface area contributed by atoms with Gasteiger partial charge < -0.3 is 10.6 Å². The fraction of sp³-hybridized carbons (Fsp3) is 0.857. The highest BCUT2D eigenvalue weighted by molar-refractivity contribution is 5.77. The van der Waals surface area contributed by atoms with Gasteiger partial charge in [0.05, 0.1) is 6.07 Å². The molecule has 1 saturated carbocycles. The average molecular weight is 251 g/mol. The molecule has 1 aliphatic carbocycles. The molecule has 0 aromatic heterocycles. The van der Waals surface area contributed by atoms with E-state index in [9.17, 15) is 4.79 Å². The molecule has 1 aliphatic rings. The van der Waals surface area contributed by atoms with Crippen LogP contribution in [-0.4, -0.2) is 25.0 Å². The molecule has 0 aromatic rings. The fourth-order valence-electron chi connectivity index (χ4n) is 2.67. The summed E-state index contributed by atoms with van der Waals surface area (Å²) in [6.45, 7) is 0.695. The summed E-state index contributed by atoms with van der Waals surface area (Å²) in [7, 11) is 1.96. The summed E-state index contributed by atoms with van der Waals surface area (Å²) in [6, 6.07) is 2.11. The van der Waals surface area contributed by atoms with Crippen molar-refractivity contribution in [1.82, 2.24) is 10.6 Å². The lowest BCUT2D eigenvalue weighted by atomic mass is 9.79. The van der Waals surface area contributed by atoms with E-state index >= 15 is 0 Å². The van der Waals surface area contributed by atoms with Gasteiger partial charge in [0.15, 0.2) is 0 Å². The Morgan fingerprint density at radius 2 is 2.00 bits per heavy atom. The molecule has 1 amide bonds. The van der Waals surface area contributed by atoms with Gasteiger partial charge in [-0.05, 0) is 32.7 Å². The number of nitriles is 1. The maximum atomic E-state index is 11.9. The lowest BCUT2D eigenvalue weighted by Crippen LogP contribution is -2.48. The summed E-state index contributed by atoms with van der Waals surface area (Å²) < 4.78 is 0. The van der Waals surface area contributed by atoms with E-state index in [1.54, 1.807) is 0 Å². The van der Waals surface area contributed by atoms with Gasteiger partial charge in [0.2, 0.25) is 5.91 Å². The number of hydrogen-bond donors (Lipinski definition) is 2. The van der Waals surface area contributed by atoms with Crippen LogP contribution in [-0.2, 0) is 4.79 Å². The average Bonchev–Trinajstić information content (AvgIpc) is 2.39. The van der Waals surface area contributed by atoms with Crippen molar-refractivity contribution < 1.29 is 4.79 Å².